The van der Waals surface area contributed by atoms with Crippen molar-refractivity contribution in [1.29, 1.82) is 10.5 Å². The molecule has 0 N–H and O–H groups in total. The summed E-state index contributed by atoms with van der Waals surface area (Å²) in [5, 5.41) is 15.9. The number of nitriles is 2. The van der Waals surface area contributed by atoms with Crippen molar-refractivity contribution in [2.45, 2.75) is 0 Å². The molecule has 0 amide bonds. The van der Waals surface area contributed by atoms with Gasteiger partial charge in [0.25, 0.3) is 0 Å². The molecule has 0 radical (unpaired) electrons. The van der Waals surface area contributed by atoms with Crippen LogP contribution in [0, 0.1) is 19.4 Å². The van der Waals surface area contributed by atoms with Crippen LogP contribution in [0.4, 0.5) is 0 Å². The maximum atomic E-state index is 7.94. The number of benzene rings is 1. The van der Waals surface area contributed by atoms with E-state index in [1.807, 2.05) is 36.4 Å². The molecule has 2 nitrogen and oxygen atoms in total. The third kappa shape index (κ3) is 7.82. The molecule has 0 aliphatic rings. The summed E-state index contributed by atoms with van der Waals surface area (Å²) in [6.45, 7) is 0. The van der Waals surface area contributed by atoms with Crippen LogP contribution in [-0.4, -0.2) is 0 Å². The average Bonchev–Trinajstić information content (AvgIpc) is 2.21. The summed E-state index contributed by atoms with van der Waals surface area (Å²) in [7, 11) is 10.3. The summed E-state index contributed by atoms with van der Waals surface area (Å²) < 4.78 is 3.08. The van der Waals surface area contributed by atoms with Crippen molar-refractivity contribution in [2.24, 2.45) is 0 Å². The molecule has 0 aliphatic heterocycles. The first kappa shape index (κ1) is 12.5. The van der Waals surface area contributed by atoms with Crippen molar-refractivity contribution in [2.75, 3.05) is 0 Å². The quantitative estimate of drug-likeness (QED) is 0.677. The molecular weight excluding hydrogens is 390 g/mol. The molecule has 13 heavy (non-hydrogen) atoms. The van der Waals surface area contributed by atoms with E-state index in [9.17, 15) is 0 Å². The van der Waals surface area contributed by atoms with E-state index in [-0.39, 0.29) is 0 Å². The molecule has 1 rings (SSSR count). The monoisotopic (exact) mass is 395 g/mol. The SMILES string of the molecule is N#[C][Pt]([Cl])([Cl])[C]#N.c1ccccc1. The van der Waals surface area contributed by atoms with E-state index < -0.39 is 14.0 Å². The summed E-state index contributed by atoms with van der Waals surface area (Å²) in [4.78, 5) is 0. The second-order valence-electron chi connectivity index (χ2n) is 1.66. The first-order chi connectivity index (χ1) is 6.12. The molecule has 0 fully saturated rings. The predicted molar refractivity (Wildman–Crippen MR) is 49.4 cm³/mol. The summed E-state index contributed by atoms with van der Waals surface area (Å²) >= 11 is -3.47. The Balaban J connectivity index is 0.000000223. The Morgan fingerprint density at radius 3 is 1.08 bits per heavy atom. The molecule has 5 heteroatoms. The van der Waals surface area contributed by atoms with Crippen LogP contribution < -0.4 is 0 Å². The van der Waals surface area contributed by atoms with Crippen LogP contribution in [0.25, 0.3) is 0 Å². The van der Waals surface area contributed by atoms with E-state index in [0.29, 0.717) is 0 Å². The van der Waals surface area contributed by atoms with E-state index in [2.05, 4.69) is 0 Å². The fourth-order valence-electron chi connectivity index (χ4n) is 0.401. The summed E-state index contributed by atoms with van der Waals surface area (Å²) in [5.74, 6) is 0. The molecule has 0 spiro atoms. The smallest absolute Gasteiger partial charge is 0.0623 e. The van der Waals surface area contributed by atoms with E-state index in [1.165, 1.54) is 0 Å². The first-order valence-corrected chi connectivity index (χ1v) is 10.9. The average molecular weight is 396 g/mol. The van der Waals surface area contributed by atoms with E-state index in [1.54, 1.807) is 8.92 Å². The maximum absolute atomic E-state index is 7.94. The van der Waals surface area contributed by atoms with Gasteiger partial charge >= 0.3 is 52.3 Å². The molecule has 0 heterocycles. The molecule has 0 aromatic heterocycles. The van der Waals surface area contributed by atoms with Crippen LogP contribution in [0.1, 0.15) is 0 Å². The zero-order valence-corrected chi connectivity index (χ0v) is 10.2. The number of nitrogens with zero attached hydrogens (tertiary/aromatic N) is 2. The minimum Gasteiger partial charge on any atom is -0.0623 e. The van der Waals surface area contributed by atoms with Crippen LogP contribution in [0.15, 0.2) is 36.4 Å². The fourth-order valence-corrected chi connectivity index (χ4v) is 0.514. The Hall–Kier alpha value is -0.532. The van der Waals surface area contributed by atoms with Gasteiger partial charge in [0.15, 0.2) is 0 Å². The molecular formula is C8H6Cl2N2Pt. The first-order valence-electron chi connectivity index (χ1n) is 3.00. The zero-order valence-electron chi connectivity index (χ0n) is 6.43. The van der Waals surface area contributed by atoms with Gasteiger partial charge in [0, 0.05) is 0 Å². The van der Waals surface area contributed by atoms with Crippen LogP contribution in [0.2, 0.25) is 0 Å². The van der Waals surface area contributed by atoms with Gasteiger partial charge in [-0.25, -0.2) is 0 Å². The molecule has 1 aromatic carbocycles. The van der Waals surface area contributed by atoms with Crippen molar-refractivity contribution < 1.29 is 14.0 Å². The van der Waals surface area contributed by atoms with Crippen LogP contribution >= 0.6 is 18.8 Å². The van der Waals surface area contributed by atoms with Crippen LogP contribution in [0.5, 0.6) is 0 Å². The topological polar surface area (TPSA) is 47.6 Å². The minimum atomic E-state index is -3.47. The van der Waals surface area contributed by atoms with Gasteiger partial charge in [-0.1, -0.05) is 36.4 Å². The maximum Gasteiger partial charge on any atom is -0.0623 e. The van der Waals surface area contributed by atoms with Crippen LogP contribution in [0.3, 0.4) is 0 Å². The Labute approximate surface area is 88.4 Å². The summed E-state index contributed by atoms with van der Waals surface area (Å²) in [5.41, 5.74) is 0. The van der Waals surface area contributed by atoms with E-state index >= 15 is 0 Å². The zero-order chi connectivity index (χ0) is 10.2. The van der Waals surface area contributed by atoms with Crippen molar-refractivity contribution in [3.8, 4) is 8.92 Å². The molecule has 0 saturated heterocycles. The molecule has 1 aromatic rings. The Bertz CT molecular complexity index is 270. The molecule has 0 bridgehead atoms. The second kappa shape index (κ2) is 6.93. The molecule has 0 saturated carbocycles. The van der Waals surface area contributed by atoms with Crippen molar-refractivity contribution >= 4 is 18.8 Å². The van der Waals surface area contributed by atoms with Gasteiger partial charge in [0.2, 0.25) is 0 Å². The number of hydrogen-bond acceptors (Lipinski definition) is 2. The van der Waals surface area contributed by atoms with Gasteiger partial charge in [-0.15, -0.1) is 0 Å². The van der Waals surface area contributed by atoms with Gasteiger partial charge in [-0.2, -0.15) is 0 Å². The normalized spacial score (nSPS) is 9.85. The van der Waals surface area contributed by atoms with E-state index in [0.717, 1.165) is 0 Å². The van der Waals surface area contributed by atoms with Gasteiger partial charge in [0.05, 0.1) is 0 Å². The third-order valence-corrected chi connectivity index (χ3v) is 3.87. The Morgan fingerprint density at radius 2 is 1.00 bits per heavy atom. The van der Waals surface area contributed by atoms with Crippen LogP contribution in [-0.2, 0) is 14.0 Å². The second-order valence-corrected chi connectivity index (χ2v) is 12.2. The van der Waals surface area contributed by atoms with Gasteiger partial charge < -0.3 is 0 Å². The summed E-state index contributed by atoms with van der Waals surface area (Å²) in [6, 6.07) is 12.0. The van der Waals surface area contributed by atoms with Crippen molar-refractivity contribution in [3.63, 3.8) is 0 Å². The standard InChI is InChI=1S/C6H6.2CN.2ClH.Pt/c1-2-4-6-5-3-1;2*1-2;;;/h1-6H;;;2*1H;/q;;;;;+2/p-2. The fraction of sp³-hybridized carbons (Fsp3) is 0. The third-order valence-electron chi connectivity index (χ3n) is 0.844. The van der Waals surface area contributed by atoms with Gasteiger partial charge in [-0.05, 0) is 0 Å². The number of halogens is 2. The number of rotatable bonds is 0. The van der Waals surface area contributed by atoms with Gasteiger partial charge in [0.1, 0.15) is 0 Å². The largest absolute Gasteiger partial charge is 0.0623 e. The molecule has 0 atom stereocenters. The summed E-state index contributed by atoms with van der Waals surface area (Å²) in [6.07, 6.45) is 0. The van der Waals surface area contributed by atoms with E-state index in [4.69, 9.17) is 29.4 Å². The Morgan fingerprint density at radius 1 is 0.769 bits per heavy atom. The van der Waals surface area contributed by atoms with Crippen molar-refractivity contribution in [1.82, 2.24) is 0 Å². The minimum absolute atomic E-state index is 1.54. The molecule has 0 aliphatic carbocycles. The van der Waals surface area contributed by atoms with Gasteiger partial charge in [-0.3, -0.25) is 0 Å². The predicted octanol–water partition coefficient (Wildman–Crippen LogP) is 3.10. The molecule has 72 valence electrons. The number of hydrogen-bond donors (Lipinski definition) is 0. The molecule has 0 unspecified atom stereocenters. The van der Waals surface area contributed by atoms with Crippen molar-refractivity contribution in [3.05, 3.63) is 36.4 Å². The Kier molecular flexibility index (Phi) is 6.64.